The van der Waals surface area contributed by atoms with Gasteiger partial charge in [-0.2, -0.15) is 5.10 Å². The lowest BCUT2D eigenvalue weighted by molar-refractivity contribution is -0.118. The van der Waals surface area contributed by atoms with Gasteiger partial charge in [0.2, 0.25) is 5.91 Å². The largest absolute Gasteiger partial charge is 0.493 e. The monoisotopic (exact) mass is 476 g/mol. The van der Waals surface area contributed by atoms with Crippen LogP contribution in [0.3, 0.4) is 0 Å². The number of carbonyl (C=O) groups excluding carboxylic acids is 1. The lowest BCUT2D eigenvalue weighted by atomic mass is 10.0. The lowest BCUT2D eigenvalue weighted by Crippen LogP contribution is -2.29. The summed E-state index contributed by atoms with van der Waals surface area (Å²) in [6.45, 7) is 4.65. The molecule has 0 aliphatic rings. The Morgan fingerprint density at radius 2 is 1.85 bits per heavy atom. The number of ether oxygens (including phenoxy) is 2. The molecule has 2 heterocycles. The van der Waals surface area contributed by atoms with E-state index in [9.17, 15) is 4.79 Å². The summed E-state index contributed by atoms with van der Waals surface area (Å²) in [6.07, 6.45) is 1.79. The van der Waals surface area contributed by atoms with E-state index in [0.29, 0.717) is 23.8 Å². The van der Waals surface area contributed by atoms with Crippen LogP contribution in [0.25, 0.3) is 16.8 Å². The van der Waals surface area contributed by atoms with Crippen LogP contribution in [0.1, 0.15) is 24.1 Å². The Morgan fingerprint density at radius 3 is 2.59 bits per heavy atom. The van der Waals surface area contributed by atoms with Crippen LogP contribution in [0.4, 0.5) is 0 Å². The number of rotatable bonds is 9. The van der Waals surface area contributed by atoms with Gasteiger partial charge in [0.05, 0.1) is 26.2 Å². The van der Waals surface area contributed by atoms with Crippen LogP contribution < -0.4 is 14.8 Å². The summed E-state index contributed by atoms with van der Waals surface area (Å²) >= 11 is 1.45. The Morgan fingerprint density at radius 1 is 1.09 bits per heavy atom. The van der Waals surface area contributed by atoms with E-state index in [0.717, 1.165) is 27.5 Å². The van der Waals surface area contributed by atoms with Crippen molar-refractivity contribution in [2.75, 3.05) is 26.5 Å². The molecule has 4 aromatic rings. The minimum absolute atomic E-state index is 0.0114. The molecule has 0 saturated heterocycles. The maximum Gasteiger partial charge on any atom is 0.230 e. The number of carbonyl (C=O) groups is 1. The zero-order chi connectivity index (χ0) is 24.1. The molecule has 7 nitrogen and oxygen atoms in total. The number of hydrogen-bond acceptors (Lipinski definition) is 6. The standard InChI is InChI=1S/C26H28N4O3S/c1-17(19-8-6-5-7-9-19)14-27-24(31)16-34-25-12-18(2)29-26-21(15-28-30(25)26)20-10-11-22(32-3)23(13-20)33-4/h5-13,15,17H,14,16H2,1-4H3,(H,27,31)/t17-/m0/s1. The minimum atomic E-state index is -0.0114. The summed E-state index contributed by atoms with van der Waals surface area (Å²) in [5.41, 5.74) is 4.60. The number of hydrogen-bond donors (Lipinski definition) is 1. The van der Waals surface area contributed by atoms with Crippen molar-refractivity contribution in [2.24, 2.45) is 0 Å². The fourth-order valence-corrected chi connectivity index (χ4v) is 4.61. The molecule has 0 radical (unpaired) electrons. The van der Waals surface area contributed by atoms with Crippen molar-refractivity contribution in [3.8, 4) is 22.6 Å². The molecule has 176 valence electrons. The first-order valence-electron chi connectivity index (χ1n) is 11.0. The molecule has 0 unspecified atom stereocenters. The average molecular weight is 477 g/mol. The maximum absolute atomic E-state index is 12.5. The molecule has 8 heteroatoms. The number of thioether (sulfide) groups is 1. The number of amides is 1. The third kappa shape index (κ3) is 5.17. The Labute approximate surface area is 203 Å². The van der Waals surface area contributed by atoms with Crippen molar-refractivity contribution in [1.29, 1.82) is 0 Å². The van der Waals surface area contributed by atoms with E-state index >= 15 is 0 Å². The molecule has 0 fully saturated rings. The number of nitrogens with zero attached hydrogens (tertiary/aromatic N) is 3. The molecule has 0 aliphatic heterocycles. The summed E-state index contributed by atoms with van der Waals surface area (Å²) in [5.74, 6) is 1.84. The Hall–Kier alpha value is -3.52. The number of aryl methyl sites for hydroxylation is 1. The van der Waals surface area contributed by atoms with Crippen molar-refractivity contribution in [3.63, 3.8) is 0 Å². The average Bonchev–Trinajstić information content (AvgIpc) is 3.29. The number of benzene rings is 2. The molecule has 0 spiro atoms. The highest BCUT2D eigenvalue weighted by molar-refractivity contribution is 7.99. The van der Waals surface area contributed by atoms with Gasteiger partial charge in [-0.1, -0.05) is 55.1 Å². The summed E-state index contributed by atoms with van der Waals surface area (Å²) in [4.78, 5) is 17.2. The number of methoxy groups -OCH3 is 2. The summed E-state index contributed by atoms with van der Waals surface area (Å²) < 4.78 is 12.6. The highest BCUT2D eigenvalue weighted by Crippen LogP contribution is 2.34. The van der Waals surface area contributed by atoms with E-state index < -0.39 is 0 Å². The summed E-state index contributed by atoms with van der Waals surface area (Å²) in [6, 6.07) is 17.9. The van der Waals surface area contributed by atoms with E-state index in [1.807, 2.05) is 49.4 Å². The molecular formula is C26H28N4O3S. The van der Waals surface area contributed by atoms with Crippen LogP contribution >= 0.6 is 11.8 Å². The maximum atomic E-state index is 12.5. The van der Waals surface area contributed by atoms with Crippen molar-refractivity contribution >= 4 is 23.3 Å². The van der Waals surface area contributed by atoms with E-state index in [4.69, 9.17) is 14.5 Å². The van der Waals surface area contributed by atoms with E-state index in [2.05, 4.69) is 29.5 Å². The number of aromatic nitrogens is 3. The smallest absolute Gasteiger partial charge is 0.230 e. The summed E-state index contributed by atoms with van der Waals surface area (Å²) in [7, 11) is 3.22. The molecule has 1 atom stereocenters. The van der Waals surface area contributed by atoms with E-state index in [1.165, 1.54) is 17.3 Å². The van der Waals surface area contributed by atoms with E-state index in [1.54, 1.807) is 24.9 Å². The fraction of sp³-hybridized carbons (Fsp3) is 0.269. The Bertz CT molecular complexity index is 1290. The lowest BCUT2D eigenvalue weighted by Gasteiger charge is -2.13. The highest BCUT2D eigenvalue weighted by Gasteiger charge is 2.16. The topological polar surface area (TPSA) is 77.8 Å². The zero-order valence-electron chi connectivity index (χ0n) is 19.7. The van der Waals surface area contributed by atoms with Gasteiger partial charge in [-0.3, -0.25) is 4.79 Å². The van der Waals surface area contributed by atoms with Crippen molar-refractivity contribution in [2.45, 2.75) is 24.8 Å². The number of fused-ring (bicyclic) bond motifs is 1. The van der Waals surface area contributed by atoms with Crippen LogP contribution in [0, 0.1) is 6.92 Å². The summed E-state index contributed by atoms with van der Waals surface area (Å²) in [5, 5.41) is 8.45. The van der Waals surface area contributed by atoms with Crippen LogP contribution in [0.2, 0.25) is 0 Å². The van der Waals surface area contributed by atoms with Gasteiger partial charge in [0.1, 0.15) is 5.03 Å². The first-order valence-corrected chi connectivity index (χ1v) is 12.0. The quantitative estimate of drug-likeness (QED) is 0.278. The SMILES string of the molecule is COc1ccc(-c2cnn3c(SCC(=O)NC[C@H](C)c4ccccc4)cc(C)nc23)cc1OC. The minimum Gasteiger partial charge on any atom is -0.493 e. The Kier molecular flexibility index (Phi) is 7.37. The fourth-order valence-electron chi connectivity index (χ4n) is 3.72. The van der Waals surface area contributed by atoms with Gasteiger partial charge in [0.25, 0.3) is 0 Å². The molecule has 0 bridgehead atoms. The van der Waals surface area contributed by atoms with Gasteiger partial charge in [-0.15, -0.1) is 0 Å². The second-order valence-corrected chi connectivity index (χ2v) is 9.00. The van der Waals surface area contributed by atoms with Crippen molar-refractivity contribution < 1.29 is 14.3 Å². The molecule has 0 saturated carbocycles. The molecule has 34 heavy (non-hydrogen) atoms. The predicted octanol–water partition coefficient (Wildman–Crippen LogP) is 4.73. The van der Waals surface area contributed by atoms with Gasteiger partial charge in [0.15, 0.2) is 17.1 Å². The third-order valence-corrected chi connectivity index (χ3v) is 6.58. The van der Waals surface area contributed by atoms with Crippen LogP contribution in [-0.4, -0.2) is 47.0 Å². The molecule has 1 amide bonds. The third-order valence-electron chi connectivity index (χ3n) is 5.59. The second-order valence-electron chi connectivity index (χ2n) is 8.00. The van der Waals surface area contributed by atoms with Gasteiger partial charge < -0.3 is 14.8 Å². The van der Waals surface area contributed by atoms with Crippen LogP contribution in [0.15, 0.2) is 65.8 Å². The highest BCUT2D eigenvalue weighted by atomic mass is 32.2. The van der Waals surface area contributed by atoms with Gasteiger partial charge in [0, 0.05) is 17.8 Å². The molecule has 1 N–H and O–H groups in total. The molecule has 4 rings (SSSR count). The van der Waals surface area contributed by atoms with Crippen LogP contribution in [0.5, 0.6) is 11.5 Å². The van der Waals surface area contributed by atoms with Gasteiger partial charge >= 0.3 is 0 Å². The van der Waals surface area contributed by atoms with Crippen molar-refractivity contribution in [1.82, 2.24) is 19.9 Å². The molecule has 2 aromatic heterocycles. The van der Waals surface area contributed by atoms with Gasteiger partial charge in [-0.25, -0.2) is 9.50 Å². The second kappa shape index (κ2) is 10.6. The molecule has 2 aromatic carbocycles. The van der Waals surface area contributed by atoms with Crippen molar-refractivity contribution in [3.05, 3.63) is 72.1 Å². The zero-order valence-corrected chi connectivity index (χ0v) is 20.6. The van der Waals surface area contributed by atoms with Crippen LogP contribution in [-0.2, 0) is 4.79 Å². The Balaban J connectivity index is 1.49. The first kappa shape index (κ1) is 23.6. The number of nitrogens with one attached hydrogen (secondary N) is 1. The first-order chi connectivity index (χ1) is 16.5. The molecular weight excluding hydrogens is 448 g/mol. The normalized spacial score (nSPS) is 11.9. The van der Waals surface area contributed by atoms with Gasteiger partial charge in [-0.05, 0) is 42.2 Å². The molecule has 0 aliphatic carbocycles. The predicted molar refractivity (Wildman–Crippen MR) is 135 cm³/mol. The van der Waals surface area contributed by atoms with E-state index in [-0.39, 0.29) is 11.8 Å².